The number of aryl methyl sites for hydroxylation is 1. The maximum absolute atomic E-state index is 9.92. The molecule has 1 fully saturated rings. The number of aliphatic hydroxyl groups excluding tert-OH is 1. The molecule has 3 nitrogen and oxygen atoms in total. The van der Waals surface area contributed by atoms with E-state index in [4.69, 9.17) is 5.73 Å². The second kappa shape index (κ2) is 5.83. The Morgan fingerprint density at radius 2 is 2.22 bits per heavy atom. The van der Waals surface area contributed by atoms with Crippen LogP contribution in [0.3, 0.4) is 0 Å². The second-order valence-corrected chi connectivity index (χ2v) is 5.53. The number of rotatable bonds is 3. The zero-order valence-corrected chi connectivity index (χ0v) is 11.4. The monoisotopic (exact) mass is 248 g/mol. The summed E-state index contributed by atoms with van der Waals surface area (Å²) in [4.78, 5) is 2.34. The summed E-state index contributed by atoms with van der Waals surface area (Å²) >= 11 is 0. The van der Waals surface area contributed by atoms with Crippen molar-refractivity contribution in [2.24, 2.45) is 11.7 Å². The number of benzene rings is 1. The van der Waals surface area contributed by atoms with Crippen LogP contribution in [-0.4, -0.2) is 29.2 Å². The van der Waals surface area contributed by atoms with Crippen LogP contribution in [0.25, 0.3) is 0 Å². The van der Waals surface area contributed by atoms with Gasteiger partial charge >= 0.3 is 0 Å². The Hall–Kier alpha value is -0.900. The lowest BCUT2D eigenvalue weighted by Crippen LogP contribution is -2.42. The number of hydrogen-bond acceptors (Lipinski definition) is 3. The van der Waals surface area contributed by atoms with Gasteiger partial charge in [-0.3, -0.25) is 4.90 Å². The van der Waals surface area contributed by atoms with Gasteiger partial charge in [0.2, 0.25) is 0 Å². The van der Waals surface area contributed by atoms with Gasteiger partial charge < -0.3 is 10.8 Å². The molecule has 2 atom stereocenters. The molecule has 0 amide bonds. The number of hydrogen-bond donors (Lipinski definition) is 2. The maximum Gasteiger partial charge on any atom is 0.0693 e. The molecular formula is C15H24N2O. The van der Waals surface area contributed by atoms with Crippen molar-refractivity contribution in [2.45, 2.75) is 39.5 Å². The first kappa shape index (κ1) is 13.5. The van der Waals surface area contributed by atoms with Crippen LogP contribution >= 0.6 is 0 Å². The average Bonchev–Trinajstić information content (AvgIpc) is 2.36. The van der Waals surface area contributed by atoms with E-state index in [1.807, 2.05) is 0 Å². The highest BCUT2D eigenvalue weighted by Crippen LogP contribution is 2.20. The molecule has 0 spiro atoms. The highest BCUT2D eigenvalue weighted by Gasteiger charge is 2.24. The van der Waals surface area contributed by atoms with Crippen molar-refractivity contribution >= 4 is 0 Å². The van der Waals surface area contributed by atoms with Gasteiger partial charge in [-0.25, -0.2) is 0 Å². The van der Waals surface area contributed by atoms with Crippen molar-refractivity contribution in [1.29, 1.82) is 0 Å². The third-order valence-electron chi connectivity index (χ3n) is 4.04. The lowest BCUT2D eigenvalue weighted by Gasteiger charge is -2.34. The normalized spacial score (nSPS) is 25.3. The number of likely N-dealkylation sites (tertiary alicyclic amines) is 1. The third-order valence-corrected chi connectivity index (χ3v) is 4.04. The summed E-state index contributed by atoms with van der Waals surface area (Å²) in [5.41, 5.74) is 9.47. The highest BCUT2D eigenvalue weighted by molar-refractivity contribution is 5.31. The molecule has 18 heavy (non-hydrogen) atoms. The Kier molecular flexibility index (Phi) is 4.38. The summed E-state index contributed by atoms with van der Waals surface area (Å²) in [7, 11) is 0. The van der Waals surface area contributed by atoms with E-state index >= 15 is 0 Å². The van der Waals surface area contributed by atoms with Gasteiger partial charge in [0.25, 0.3) is 0 Å². The van der Waals surface area contributed by atoms with Gasteiger partial charge in [0.1, 0.15) is 0 Å². The average molecular weight is 248 g/mol. The molecule has 1 aliphatic heterocycles. The molecule has 1 aromatic rings. The molecule has 0 bridgehead atoms. The first-order valence-electron chi connectivity index (χ1n) is 6.79. The molecular weight excluding hydrogens is 224 g/mol. The molecule has 1 heterocycles. The van der Waals surface area contributed by atoms with Crippen molar-refractivity contribution in [3.8, 4) is 0 Å². The van der Waals surface area contributed by atoms with Gasteiger partial charge in [0, 0.05) is 19.6 Å². The van der Waals surface area contributed by atoms with E-state index in [9.17, 15) is 5.11 Å². The van der Waals surface area contributed by atoms with E-state index in [0.717, 1.165) is 26.1 Å². The molecule has 3 heteroatoms. The van der Waals surface area contributed by atoms with E-state index in [-0.39, 0.29) is 6.10 Å². The zero-order chi connectivity index (χ0) is 13.1. The smallest absolute Gasteiger partial charge is 0.0693 e. The van der Waals surface area contributed by atoms with Crippen LogP contribution in [0, 0.1) is 12.8 Å². The van der Waals surface area contributed by atoms with Gasteiger partial charge in [0.05, 0.1) is 6.10 Å². The number of nitrogens with zero attached hydrogens (tertiary/aromatic N) is 1. The fourth-order valence-corrected chi connectivity index (χ4v) is 2.56. The van der Waals surface area contributed by atoms with Crippen LogP contribution in [0.1, 0.15) is 30.0 Å². The molecule has 2 rings (SSSR count). The summed E-state index contributed by atoms with van der Waals surface area (Å²) in [6, 6.07) is 6.44. The van der Waals surface area contributed by atoms with Crippen molar-refractivity contribution in [2.75, 3.05) is 13.1 Å². The van der Waals surface area contributed by atoms with Gasteiger partial charge in [-0.2, -0.15) is 0 Å². The Morgan fingerprint density at radius 3 is 2.83 bits per heavy atom. The minimum atomic E-state index is -0.178. The van der Waals surface area contributed by atoms with Crippen molar-refractivity contribution < 1.29 is 5.11 Å². The van der Waals surface area contributed by atoms with E-state index in [1.165, 1.54) is 16.7 Å². The fraction of sp³-hybridized carbons (Fsp3) is 0.600. The quantitative estimate of drug-likeness (QED) is 0.855. The number of piperidine rings is 1. The summed E-state index contributed by atoms with van der Waals surface area (Å²) in [5, 5.41) is 9.92. The SMILES string of the molecule is Cc1cc(CN)ccc1CN1CCC(C)C(O)C1. The summed E-state index contributed by atoms with van der Waals surface area (Å²) < 4.78 is 0. The Balaban J connectivity index is 2.01. The Labute approximate surface area is 110 Å². The molecule has 3 N–H and O–H groups in total. The molecule has 0 radical (unpaired) electrons. The molecule has 2 unspecified atom stereocenters. The molecule has 0 aromatic heterocycles. The maximum atomic E-state index is 9.92. The van der Waals surface area contributed by atoms with E-state index in [2.05, 4.69) is 36.9 Å². The minimum absolute atomic E-state index is 0.178. The van der Waals surface area contributed by atoms with Crippen LogP contribution in [0.5, 0.6) is 0 Å². The van der Waals surface area contributed by atoms with Crippen LogP contribution < -0.4 is 5.73 Å². The first-order valence-corrected chi connectivity index (χ1v) is 6.79. The van der Waals surface area contributed by atoms with Crippen LogP contribution in [0.4, 0.5) is 0 Å². The molecule has 0 saturated carbocycles. The summed E-state index contributed by atoms with van der Waals surface area (Å²) in [6.07, 6.45) is 0.906. The summed E-state index contributed by atoms with van der Waals surface area (Å²) in [5.74, 6) is 0.432. The lowest BCUT2D eigenvalue weighted by molar-refractivity contribution is 0.0258. The Bertz CT molecular complexity index is 405. The van der Waals surface area contributed by atoms with Crippen molar-refractivity contribution in [3.63, 3.8) is 0 Å². The first-order chi connectivity index (χ1) is 8.60. The standard InChI is InChI=1S/C15H24N2O/c1-11-5-6-17(10-15(11)18)9-14-4-3-13(8-16)7-12(14)2/h3-4,7,11,15,18H,5-6,8-10,16H2,1-2H3. The predicted molar refractivity (Wildman–Crippen MR) is 74.1 cm³/mol. The summed E-state index contributed by atoms with van der Waals surface area (Å²) in [6.45, 7) is 7.66. The number of β-amino-alcohol motifs (C(OH)–C–C–N with tert-alkyl or cyclic N) is 1. The number of aliphatic hydroxyl groups is 1. The van der Waals surface area contributed by atoms with Gasteiger partial charge in [0.15, 0.2) is 0 Å². The van der Waals surface area contributed by atoms with Gasteiger partial charge in [-0.05, 0) is 42.5 Å². The van der Waals surface area contributed by atoms with Crippen LogP contribution in [0.2, 0.25) is 0 Å². The zero-order valence-electron chi connectivity index (χ0n) is 11.4. The largest absolute Gasteiger partial charge is 0.392 e. The van der Waals surface area contributed by atoms with E-state index in [1.54, 1.807) is 0 Å². The molecule has 1 saturated heterocycles. The van der Waals surface area contributed by atoms with Crippen molar-refractivity contribution in [3.05, 3.63) is 34.9 Å². The fourth-order valence-electron chi connectivity index (χ4n) is 2.56. The predicted octanol–water partition coefficient (Wildman–Crippen LogP) is 1.66. The topological polar surface area (TPSA) is 49.5 Å². The van der Waals surface area contributed by atoms with Gasteiger partial charge in [-0.15, -0.1) is 0 Å². The molecule has 1 aromatic carbocycles. The Morgan fingerprint density at radius 1 is 1.44 bits per heavy atom. The molecule has 0 aliphatic carbocycles. The van der Waals surface area contributed by atoms with E-state index < -0.39 is 0 Å². The van der Waals surface area contributed by atoms with E-state index in [0.29, 0.717) is 12.5 Å². The second-order valence-electron chi connectivity index (χ2n) is 5.53. The van der Waals surface area contributed by atoms with Crippen LogP contribution in [-0.2, 0) is 13.1 Å². The lowest BCUT2D eigenvalue weighted by atomic mass is 9.95. The highest BCUT2D eigenvalue weighted by atomic mass is 16.3. The minimum Gasteiger partial charge on any atom is -0.392 e. The van der Waals surface area contributed by atoms with Crippen molar-refractivity contribution in [1.82, 2.24) is 4.90 Å². The molecule has 1 aliphatic rings. The third kappa shape index (κ3) is 3.10. The van der Waals surface area contributed by atoms with Crippen LogP contribution in [0.15, 0.2) is 18.2 Å². The number of nitrogens with two attached hydrogens (primary N) is 1. The molecule has 100 valence electrons. The van der Waals surface area contributed by atoms with Gasteiger partial charge in [-0.1, -0.05) is 25.1 Å².